The topological polar surface area (TPSA) is 169 Å². The first kappa shape index (κ1) is 24.8. The van der Waals surface area contributed by atoms with Crippen molar-refractivity contribution in [1.82, 2.24) is 13.6 Å². The average molecular weight is 514 g/mol. The molecule has 0 fully saturated rings. The van der Waals surface area contributed by atoms with Gasteiger partial charge in [-0.1, -0.05) is 24.3 Å². The number of rotatable bonds is 9. The third kappa shape index (κ3) is 5.16. The second-order valence-electron chi connectivity index (χ2n) is 8.03. The number of carbonyl (C=O) groups excluding carboxylic acids is 1. The van der Waals surface area contributed by atoms with Crippen LogP contribution in [-0.2, 0) is 4.79 Å². The number of carboxylic acids is 1. The Morgan fingerprint density at radius 2 is 1.94 bits per heavy atom. The van der Waals surface area contributed by atoms with Gasteiger partial charge in [-0.2, -0.15) is 0 Å². The highest BCUT2D eigenvalue weighted by Crippen LogP contribution is 2.39. The standard InChI is InChI=1S/C23H23N5O7S/c1-12(2)19(13-7-8-16-17(9-13)35-11-34-16)25-22-21(26-36(33)27-22)24-15-6-4-5-14(20(15)31)23(32)28(3)10-18(29)30/h4-9,19,31H,1,10-11H2,2-3H3,(H,24,26)(H,25,27)(H,29,30). The highest BCUT2D eigenvalue weighted by atomic mass is 32.2. The van der Waals surface area contributed by atoms with Crippen LogP contribution in [0.15, 0.2) is 48.6 Å². The number of nitrogens with zero attached hydrogens (tertiary/aromatic N) is 3. The lowest BCUT2D eigenvalue weighted by Gasteiger charge is -2.20. The molecule has 188 valence electrons. The van der Waals surface area contributed by atoms with Gasteiger partial charge in [0.05, 0.1) is 17.3 Å². The van der Waals surface area contributed by atoms with Crippen molar-refractivity contribution in [3.63, 3.8) is 0 Å². The van der Waals surface area contributed by atoms with Crippen molar-refractivity contribution >= 4 is 40.3 Å². The second kappa shape index (κ2) is 10.1. The monoisotopic (exact) mass is 513 g/mol. The van der Waals surface area contributed by atoms with Crippen LogP contribution in [-0.4, -0.2) is 60.7 Å². The minimum Gasteiger partial charge on any atom is -0.546 e. The summed E-state index contributed by atoms with van der Waals surface area (Å²) in [6.07, 6.45) is 0. The van der Waals surface area contributed by atoms with E-state index in [0.29, 0.717) is 11.5 Å². The Bertz CT molecular complexity index is 1340. The fourth-order valence-corrected chi connectivity index (χ4v) is 4.21. The number of aromatic hydroxyl groups is 1. The summed E-state index contributed by atoms with van der Waals surface area (Å²) >= 11 is -1.92. The maximum absolute atomic E-state index is 12.6. The molecule has 2 atom stereocenters. The van der Waals surface area contributed by atoms with E-state index in [2.05, 4.69) is 26.0 Å². The fourth-order valence-electron chi connectivity index (χ4n) is 3.59. The number of hydrogen-bond donors (Lipinski definition) is 4. The average Bonchev–Trinajstić information content (AvgIpc) is 3.43. The Balaban J connectivity index is 1.60. The highest BCUT2D eigenvalue weighted by Gasteiger charge is 2.25. The zero-order chi connectivity index (χ0) is 26.0. The van der Waals surface area contributed by atoms with Crippen molar-refractivity contribution in [3.8, 4) is 17.2 Å². The van der Waals surface area contributed by atoms with Crippen LogP contribution in [0.4, 0.5) is 17.3 Å². The molecule has 2 heterocycles. The number of amides is 1. The molecule has 0 saturated carbocycles. The summed E-state index contributed by atoms with van der Waals surface area (Å²) < 4.78 is 31.0. The molecule has 1 aliphatic rings. The Kier molecular flexibility index (Phi) is 6.94. The van der Waals surface area contributed by atoms with E-state index in [1.165, 1.54) is 25.2 Å². The molecule has 2 aromatic carbocycles. The number of benzene rings is 2. The number of fused-ring (bicyclic) bond motifs is 1. The van der Waals surface area contributed by atoms with Gasteiger partial charge in [0.2, 0.25) is 18.4 Å². The van der Waals surface area contributed by atoms with Gasteiger partial charge in [-0.3, -0.25) is 9.59 Å². The second-order valence-corrected chi connectivity index (χ2v) is 8.86. The number of carbonyl (C=O) groups is 2. The van der Waals surface area contributed by atoms with Gasteiger partial charge in [0, 0.05) is 15.8 Å². The minimum absolute atomic E-state index is 0.0686. The first-order chi connectivity index (χ1) is 17.1. The van der Waals surface area contributed by atoms with Gasteiger partial charge in [0.1, 0.15) is 6.54 Å². The summed E-state index contributed by atoms with van der Waals surface area (Å²) in [5.74, 6) is -0.870. The van der Waals surface area contributed by atoms with E-state index < -0.39 is 41.4 Å². The molecule has 0 aliphatic carbocycles. The van der Waals surface area contributed by atoms with Crippen LogP contribution in [0.5, 0.6) is 17.2 Å². The number of likely N-dealkylation sites (N-methyl/N-ethyl adjacent to an activating group) is 1. The number of phenols is 1. The Labute approximate surface area is 208 Å². The van der Waals surface area contributed by atoms with Crippen LogP contribution < -0.4 is 20.1 Å². The van der Waals surface area contributed by atoms with Crippen molar-refractivity contribution in [3.05, 3.63) is 59.7 Å². The summed E-state index contributed by atoms with van der Waals surface area (Å²) in [5, 5.41) is 25.7. The first-order valence-corrected chi connectivity index (χ1v) is 11.7. The summed E-state index contributed by atoms with van der Waals surface area (Å²) in [6, 6.07) is 9.32. The molecule has 1 aromatic heterocycles. The van der Waals surface area contributed by atoms with Crippen LogP contribution in [0, 0.1) is 0 Å². The van der Waals surface area contributed by atoms with Gasteiger partial charge in [0.25, 0.3) is 5.91 Å². The smallest absolute Gasteiger partial charge is 0.323 e. The summed E-state index contributed by atoms with van der Waals surface area (Å²) in [4.78, 5) is 24.5. The predicted molar refractivity (Wildman–Crippen MR) is 130 cm³/mol. The highest BCUT2D eigenvalue weighted by molar-refractivity contribution is 7.14. The zero-order valence-electron chi connectivity index (χ0n) is 19.3. The Morgan fingerprint density at radius 3 is 2.67 bits per heavy atom. The summed E-state index contributed by atoms with van der Waals surface area (Å²) in [7, 11) is 1.31. The SMILES string of the molecule is C=C(C)C(Nc1n[s+]([O-])nc1Nc1cccc(C(=O)N(C)CC(=O)O)c1O)c1ccc2c(c1)OCO2. The van der Waals surface area contributed by atoms with Gasteiger partial charge >= 0.3 is 5.97 Å². The number of nitrogens with one attached hydrogen (secondary N) is 2. The van der Waals surface area contributed by atoms with Crippen LogP contribution in [0.3, 0.4) is 0 Å². The Morgan fingerprint density at radius 1 is 1.22 bits per heavy atom. The van der Waals surface area contributed by atoms with E-state index in [9.17, 15) is 19.2 Å². The van der Waals surface area contributed by atoms with E-state index in [0.717, 1.165) is 16.0 Å². The van der Waals surface area contributed by atoms with Crippen LogP contribution in [0.25, 0.3) is 0 Å². The quantitative estimate of drug-likeness (QED) is 0.188. The van der Waals surface area contributed by atoms with Crippen molar-refractivity contribution in [2.24, 2.45) is 0 Å². The molecule has 4 rings (SSSR count). The number of para-hydroxylation sites is 1. The van der Waals surface area contributed by atoms with Crippen molar-refractivity contribution in [1.29, 1.82) is 0 Å². The maximum Gasteiger partial charge on any atom is 0.323 e. The molecule has 4 N–H and O–H groups in total. The van der Waals surface area contributed by atoms with E-state index in [1.54, 1.807) is 12.1 Å². The molecule has 13 heteroatoms. The molecule has 0 saturated heterocycles. The molecule has 0 bridgehead atoms. The van der Waals surface area contributed by atoms with Gasteiger partial charge in [-0.05, 0) is 36.8 Å². The number of aliphatic carboxylic acids is 1. The molecular weight excluding hydrogens is 490 g/mol. The van der Waals surface area contributed by atoms with Crippen molar-refractivity contribution < 1.29 is 33.8 Å². The minimum atomic E-state index is -1.92. The van der Waals surface area contributed by atoms with E-state index in [1.807, 2.05) is 13.0 Å². The van der Waals surface area contributed by atoms with Crippen molar-refractivity contribution in [2.75, 3.05) is 31.0 Å². The summed E-state index contributed by atoms with van der Waals surface area (Å²) in [5.41, 5.74) is 1.50. The number of hydrogen-bond acceptors (Lipinski definition) is 10. The molecule has 0 spiro atoms. The molecule has 2 unspecified atom stereocenters. The number of carboxylic acid groups (broad SMARTS) is 1. The Hall–Kier alpha value is -4.36. The molecule has 1 amide bonds. The molecule has 36 heavy (non-hydrogen) atoms. The van der Waals surface area contributed by atoms with E-state index >= 15 is 0 Å². The lowest BCUT2D eigenvalue weighted by atomic mass is 10.0. The number of aromatic nitrogens is 2. The van der Waals surface area contributed by atoms with Gasteiger partial charge in [-0.15, -0.1) is 0 Å². The number of ether oxygens (including phenoxy) is 2. The van der Waals surface area contributed by atoms with E-state index in [-0.39, 0.29) is 29.7 Å². The molecule has 1 aliphatic heterocycles. The number of anilines is 3. The lowest BCUT2D eigenvalue weighted by molar-refractivity contribution is -0.137. The molecular formula is C23H23N5O7S. The van der Waals surface area contributed by atoms with Gasteiger partial charge in [-0.25, -0.2) is 0 Å². The normalized spacial score (nSPS) is 13.1. The third-order valence-corrected chi connectivity index (χ3v) is 5.98. The predicted octanol–water partition coefficient (Wildman–Crippen LogP) is 3.27. The van der Waals surface area contributed by atoms with Gasteiger partial charge in [0.15, 0.2) is 28.4 Å². The lowest BCUT2D eigenvalue weighted by Crippen LogP contribution is -2.32. The first-order valence-electron chi connectivity index (χ1n) is 10.6. The largest absolute Gasteiger partial charge is 0.546 e. The van der Waals surface area contributed by atoms with Gasteiger partial charge < -0.3 is 39.8 Å². The molecule has 3 aromatic rings. The van der Waals surface area contributed by atoms with Crippen LogP contribution in [0.2, 0.25) is 0 Å². The van der Waals surface area contributed by atoms with Crippen molar-refractivity contribution in [2.45, 2.75) is 13.0 Å². The maximum atomic E-state index is 12.6. The fraction of sp³-hybridized carbons (Fsp3) is 0.217. The summed E-state index contributed by atoms with van der Waals surface area (Å²) in [6.45, 7) is 5.44. The number of phenolic OH excluding ortho intramolecular Hbond substituents is 1. The van der Waals surface area contributed by atoms with E-state index in [4.69, 9.17) is 14.6 Å². The zero-order valence-corrected chi connectivity index (χ0v) is 20.2. The third-order valence-electron chi connectivity index (χ3n) is 5.31. The molecule has 12 nitrogen and oxygen atoms in total. The molecule has 0 radical (unpaired) electrons. The van der Waals surface area contributed by atoms with Crippen LogP contribution in [0.1, 0.15) is 28.9 Å². The van der Waals surface area contributed by atoms with Crippen LogP contribution >= 0.6 is 11.1 Å².